The van der Waals surface area contributed by atoms with E-state index in [4.69, 9.17) is 14.2 Å². The van der Waals surface area contributed by atoms with Crippen molar-refractivity contribution < 1.29 is 24.1 Å². The van der Waals surface area contributed by atoms with Gasteiger partial charge in [-0.2, -0.15) is 0 Å². The molecule has 28 heavy (non-hydrogen) atoms. The number of allylic oxidation sites excluding steroid dienone is 1. The average Bonchev–Trinajstić information content (AvgIpc) is 2.68. The van der Waals surface area contributed by atoms with Gasteiger partial charge in [0.25, 0.3) is 0 Å². The summed E-state index contributed by atoms with van der Waals surface area (Å²) in [4.78, 5) is 19.4. The van der Waals surface area contributed by atoms with Crippen molar-refractivity contribution in [2.75, 3.05) is 0 Å². The summed E-state index contributed by atoms with van der Waals surface area (Å²) in [6.07, 6.45) is 3.17. The van der Waals surface area contributed by atoms with Crippen LogP contribution in [0.1, 0.15) is 13.8 Å². The third-order valence-electron chi connectivity index (χ3n) is 3.49. The highest BCUT2D eigenvalue weighted by Gasteiger charge is 2.15. The summed E-state index contributed by atoms with van der Waals surface area (Å²) >= 11 is 0. The molecule has 3 aromatic rings. The molecule has 0 atom stereocenters. The molecule has 7 nitrogen and oxygen atoms in total. The van der Waals surface area contributed by atoms with E-state index in [9.17, 15) is 9.90 Å². The lowest BCUT2D eigenvalue weighted by molar-refractivity contribution is -0.135. The molecule has 0 amide bonds. The topological polar surface area (TPSA) is 90.8 Å². The van der Waals surface area contributed by atoms with Crippen LogP contribution in [0.4, 0.5) is 0 Å². The molecule has 0 unspecified atom stereocenters. The number of benzene rings is 2. The molecule has 0 aliphatic heterocycles. The van der Waals surface area contributed by atoms with E-state index in [-0.39, 0.29) is 11.8 Å². The molecule has 0 saturated carbocycles. The molecule has 0 fully saturated rings. The summed E-state index contributed by atoms with van der Waals surface area (Å²) in [5, 5.41) is 9.31. The minimum absolute atomic E-state index is 0.144. The van der Waals surface area contributed by atoms with Crippen molar-refractivity contribution in [3.63, 3.8) is 0 Å². The summed E-state index contributed by atoms with van der Waals surface area (Å²) < 4.78 is 17.1. The van der Waals surface area contributed by atoms with Crippen LogP contribution in [0.25, 0.3) is 0 Å². The number of carboxylic acid groups (broad SMARTS) is 1. The van der Waals surface area contributed by atoms with E-state index >= 15 is 0 Å². The Bertz CT molecular complexity index is 998. The minimum atomic E-state index is -1.15. The zero-order valence-corrected chi connectivity index (χ0v) is 15.3. The molecular weight excluding hydrogens is 360 g/mol. The summed E-state index contributed by atoms with van der Waals surface area (Å²) in [6, 6.07) is 15.7. The molecule has 0 saturated heterocycles. The van der Waals surface area contributed by atoms with Crippen LogP contribution in [0.5, 0.6) is 29.0 Å². The van der Waals surface area contributed by atoms with Gasteiger partial charge < -0.3 is 19.3 Å². The van der Waals surface area contributed by atoms with E-state index in [1.54, 1.807) is 80.8 Å². The fourth-order valence-corrected chi connectivity index (χ4v) is 2.26. The largest absolute Gasteiger partial charge is 0.475 e. The second-order valence-corrected chi connectivity index (χ2v) is 5.89. The maximum absolute atomic E-state index is 11.4. The number of ether oxygens (including phenoxy) is 3. The van der Waals surface area contributed by atoms with Gasteiger partial charge in [-0.3, -0.25) is 0 Å². The van der Waals surface area contributed by atoms with Crippen LogP contribution >= 0.6 is 0 Å². The molecule has 1 aromatic heterocycles. The molecule has 0 radical (unpaired) electrons. The number of carbonyl (C=O) groups is 1. The number of hydrogen-bond donors (Lipinski definition) is 1. The highest BCUT2D eigenvalue weighted by Crippen LogP contribution is 2.34. The van der Waals surface area contributed by atoms with E-state index in [0.717, 1.165) is 0 Å². The second kappa shape index (κ2) is 8.68. The first-order valence-electron chi connectivity index (χ1n) is 8.43. The smallest absolute Gasteiger partial charge is 0.371 e. The number of hydrogen-bond acceptors (Lipinski definition) is 6. The van der Waals surface area contributed by atoms with Gasteiger partial charge in [0, 0.05) is 18.5 Å². The van der Waals surface area contributed by atoms with Crippen LogP contribution in [0, 0.1) is 0 Å². The molecule has 3 rings (SSSR count). The first-order valence-corrected chi connectivity index (χ1v) is 8.43. The molecular formula is C21H18N2O5. The predicted molar refractivity (Wildman–Crippen MR) is 102 cm³/mol. The molecule has 1 N–H and O–H groups in total. The van der Waals surface area contributed by atoms with Gasteiger partial charge in [0.1, 0.15) is 11.5 Å². The molecule has 0 aliphatic rings. The Kier molecular flexibility index (Phi) is 5.86. The van der Waals surface area contributed by atoms with Crippen molar-refractivity contribution in [1.29, 1.82) is 0 Å². The molecule has 2 aromatic carbocycles. The number of aromatic nitrogens is 2. The normalized spacial score (nSPS) is 10.1. The van der Waals surface area contributed by atoms with Crippen molar-refractivity contribution in [2.45, 2.75) is 13.8 Å². The summed E-state index contributed by atoms with van der Waals surface area (Å²) in [5.41, 5.74) is 0.542. The average molecular weight is 378 g/mol. The van der Waals surface area contributed by atoms with Crippen LogP contribution in [0.3, 0.4) is 0 Å². The van der Waals surface area contributed by atoms with Gasteiger partial charge in [0.15, 0.2) is 11.5 Å². The maximum atomic E-state index is 11.4. The van der Waals surface area contributed by atoms with Gasteiger partial charge in [-0.1, -0.05) is 18.2 Å². The van der Waals surface area contributed by atoms with Crippen LogP contribution in [-0.2, 0) is 4.79 Å². The monoisotopic (exact) mass is 378 g/mol. The van der Waals surface area contributed by atoms with Gasteiger partial charge in [-0.25, -0.2) is 14.8 Å². The van der Waals surface area contributed by atoms with Crippen LogP contribution in [0.2, 0.25) is 0 Å². The Labute approximate surface area is 161 Å². The Hall–Kier alpha value is -3.87. The van der Waals surface area contributed by atoms with Crippen LogP contribution in [0.15, 0.2) is 78.3 Å². The standard InChI is InChI=1S/C21H18N2O5/c1-14(2)19(20(24)25)28-18-10-4-3-9-17(18)26-15-7-5-8-16(13-15)27-21-22-11-6-12-23-21/h3-13H,1-2H3,(H,24,25). The van der Waals surface area contributed by atoms with E-state index in [1.165, 1.54) is 0 Å². The first-order chi connectivity index (χ1) is 13.5. The molecule has 0 aliphatic carbocycles. The van der Waals surface area contributed by atoms with Crippen LogP contribution in [-0.4, -0.2) is 21.0 Å². The maximum Gasteiger partial charge on any atom is 0.371 e. The van der Waals surface area contributed by atoms with Gasteiger partial charge in [-0.05, 0) is 49.8 Å². The highest BCUT2D eigenvalue weighted by atomic mass is 16.5. The van der Waals surface area contributed by atoms with Crippen molar-refractivity contribution in [3.05, 3.63) is 78.3 Å². The fraction of sp³-hybridized carbons (Fsp3) is 0.0952. The number of rotatable bonds is 7. The molecule has 1 heterocycles. The Morgan fingerprint density at radius 2 is 1.50 bits per heavy atom. The van der Waals surface area contributed by atoms with E-state index in [0.29, 0.717) is 28.6 Å². The highest BCUT2D eigenvalue weighted by molar-refractivity contribution is 5.85. The zero-order valence-electron chi connectivity index (χ0n) is 15.3. The van der Waals surface area contributed by atoms with Crippen molar-refractivity contribution in [2.24, 2.45) is 0 Å². The Balaban J connectivity index is 1.82. The van der Waals surface area contributed by atoms with Crippen LogP contribution < -0.4 is 14.2 Å². The van der Waals surface area contributed by atoms with Crippen molar-refractivity contribution in [3.8, 4) is 29.0 Å². The third kappa shape index (κ3) is 4.85. The number of nitrogens with zero attached hydrogens (tertiary/aromatic N) is 2. The Morgan fingerprint density at radius 3 is 2.14 bits per heavy atom. The van der Waals surface area contributed by atoms with Crippen molar-refractivity contribution in [1.82, 2.24) is 9.97 Å². The Morgan fingerprint density at radius 1 is 0.857 bits per heavy atom. The molecule has 0 spiro atoms. The predicted octanol–water partition coefficient (Wildman–Crippen LogP) is 4.82. The third-order valence-corrected chi connectivity index (χ3v) is 3.49. The lowest BCUT2D eigenvalue weighted by Crippen LogP contribution is -2.10. The molecule has 0 bridgehead atoms. The minimum Gasteiger partial charge on any atom is -0.475 e. The summed E-state index contributed by atoms with van der Waals surface area (Å²) in [5.74, 6) is 0.355. The first kappa shape index (κ1) is 18.9. The van der Waals surface area contributed by atoms with E-state index < -0.39 is 5.97 Å². The lowest BCUT2D eigenvalue weighted by atomic mass is 10.2. The van der Waals surface area contributed by atoms with Gasteiger partial charge in [-0.15, -0.1) is 0 Å². The van der Waals surface area contributed by atoms with Gasteiger partial charge in [0.2, 0.25) is 5.76 Å². The zero-order chi connectivity index (χ0) is 19.9. The number of para-hydroxylation sites is 2. The molecule has 142 valence electrons. The van der Waals surface area contributed by atoms with E-state index in [2.05, 4.69) is 9.97 Å². The summed E-state index contributed by atoms with van der Waals surface area (Å²) in [7, 11) is 0. The fourth-order valence-electron chi connectivity index (χ4n) is 2.26. The van der Waals surface area contributed by atoms with E-state index in [1.807, 2.05) is 0 Å². The quantitative estimate of drug-likeness (QED) is 0.465. The SMILES string of the molecule is CC(C)=C(Oc1ccccc1Oc1cccc(Oc2ncccn2)c1)C(=O)O. The van der Waals surface area contributed by atoms with Gasteiger partial charge >= 0.3 is 12.0 Å². The van der Waals surface area contributed by atoms with Gasteiger partial charge in [0.05, 0.1) is 0 Å². The second-order valence-electron chi connectivity index (χ2n) is 5.89. The number of aliphatic carboxylic acids is 1. The number of carboxylic acids is 1. The molecule has 7 heteroatoms. The van der Waals surface area contributed by atoms with Crippen molar-refractivity contribution >= 4 is 5.97 Å². The summed E-state index contributed by atoms with van der Waals surface area (Å²) in [6.45, 7) is 3.33. The lowest BCUT2D eigenvalue weighted by Gasteiger charge is -2.13.